The molecule has 0 saturated carbocycles. The predicted molar refractivity (Wildman–Crippen MR) is 49.4 cm³/mol. The molecular weight excluding hydrogens is 148 g/mol. The summed E-state index contributed by atoms with van der Waals surface area (Å²) in [5.74, 6) is 0.934. The van der Waals surface area contributed by atoms with Crippen LogP contribution in [-0.2, 0) is 6.42 Å². The molecule has 0 amide bonds. The summed E-state index contributed by atoms with van der Waals surface area (Å²) < 4.78 is 5.08. The van der Waals surface area contributed by atoms with Crippen LogP contribution in [0.4, 0.5) is 0 Å². The van der Waals surface area contributed by atoms with Gasteiger partial charge in [-0.2, -0.15) is 0 Å². The van der Waals surface area contributed by atoms with E-state index in [9.17, 15) is 0 Å². The minimum absolute atomic E-state index is 0.934. The Labute approximate surface area is 72.7 Å². The van der Waals surface area contributed by atoms with E-state index in [1.165, 1.54) is 12.0 Å². The molecule has 0 aliphatic heterocycles. The van der Waals surface area contributed by atoms with E-state index in [1.807, 2.05) is 12.1 Å². The van der Waals surface area contributed by atoms with Crippen LogP contribution in [0.2, 0.25) is 0 Å². The highest BCUT2D eigenvalue weighted by molar-refractivity contribution is 5.33. The largest absolute Gasteiger partial charge is 0.497 e. The van der Waals surface area contributed by atoms with Crippen LogP contribution >= 0.6 is 0 Å². The van der Waals surface area contributed by atoms with Gasteiger partial charge in [-0.05, 0) is 30.5 Å². The van der Waals surface area contributed by atoms with Crippen molar-refractivity contribution in [3.63, 3.8) is 0 Å². The first-order valence-electron chi connectivity index (χ1n) is 4.19. The van der Waals surface area contributed by atoms with Crippen LogP contribution in [-0.4, -0.2) is 7.11 Å². The van der Waals surface area contributed by atoms with Gasteiger partial charge in [0.2, 0.25) is 0 Å². The van der Waals surface area contributed by atoms with Gasteiger partial charge in [-0.3, -0.25) is 0 Å². The third-order valence-electron chi connectivity index (χ3n) is 2.08. The fraction of sp³-hybridized carbons (Fsp3) is 0.273. The number of hydrogen-bond donors (Lipinski definition) is 0. The van der Waals surface area contributed by atoms with Crippen molar-refractivity contribution < 1.29 is 4.74 Å². The van der Waals surface area contributed by atoms with Crippen molar-refractivity contribution in [2.75, 3.05) is 7.11 Å². The van der Waals surface area contributed by atoms with Gasteiger partial charge in [0, 0.05) is 0 Å². The third-order valence-corrected chi connectivity index (χ3v) is 2.08. The minimum atomic E-state index is 0.934. The molecule has 1 nitrogen and oxygen atoms in total. The Morgan fingerprint density at radius 1 is 1.25 bits per heavy atom. The quantitative estimate of drug-likeness (QED) is 0.617. The van der Waals surface area contributed by atoms with E-state index in [-0.39, 0.29) is 0 Å². The molecule has 0 radical (unpaired) electrons. The molecule has 1 aliphatic carbocycles. The fourth-order valence-electron chi connectivity index (χ4n) is 1.22. The van der Waals surface area contributed by atoms with E-state index >= 15 is 0 Å². The average molecular weight is 160 g/mol. The molecule has 0 saturated heterocycles. The third kappa shape index (κ3) is 1.67. The van der Waals surface area contributed by atoms with Crippen molar-refractivity contribution in [3.8, 4) is 5.75 Å². The summed E-state index contributed by atoms with van der Waals surface area (Å²) in [4.78, 5) is 0. The standard InChI is InChI=1S/C11H12O/c1-12-11-6-4-10(5-7-11)8-9-2-3-9/h2,4-7H,3,8H2,1H3. The van der Waals surface area contributed by atoms with Crippen LogP contribution in [0, 0.1) is 0 Å². The van der Waals surface area contributed by atoms with Gasteiger partial charge < -0.3 is 4.74 Å². The topological polar surface area (TPSA) is 9.23 Å². The van der Waals surface area contributed by atoms with Crippen molar-refractivity contribution in [1.82, 2.24) is 0 Å². The summed E-state index contributed by atoms with van der Waals surface area (Å²) in [6.07, 6.45) is 4.60. The number of benzene rings is 1. The Hall–Kier alpha value is -1.24. The highest BCUT2D eigenvalue weighted by Crippen LogP contribution is 2.24. The highest BCUT2D eigenvalue weighted by Gasteiger charge is 2.07. The van der Waals surface area contributed by atoms with E-state index in [1.54, 1.807) is 12.7 Å². The van der Waals surface area contributed by atoms with Crippen molar-refractivity contribution >= 4 is 0 Å². The second kappa shape index (κ2) is 3.02. The van der Waals surface area contributed by atoms with Gasteiger partial charge >= 0.3 is 0 Å². The number of hydrogen-bond acceptors (Lipinski definition) is 1. The van der Waals surface area contributed by atoms with Crippen molar-refractivity contribution in [1.29, 1.82) is 0 Å². The molecule has 0 aromatic heterocycles. The van der Waals surface area contributed by atoms with E-state index in [0.29, 0.717) is 0 Å². The monoisotopic (exact) mass is 160 g/mol. The molecule has 0 atom stereocenters. The average Bonchev–Trinajstić information content (AvgIpc) is 2.90. The van der Waals surface area contributed by atoms with Gasteiger partial charge in [-0.1, -0.05) is 23.8 Å². The Kier molecular flexibility index (Phi) is 1.86. The Balaban J connectivity index is 2.07. The number of allylic oxidation sites excluding steroid dienone is 2. The molecule has 12 heavy (non-hydrogen) atoms. The lowest BCUT2D eigenvalue weighted by Gasteiger charge is -2.00. The summed E-state index contributed by atoms with van der Waals surface area (Å²) in [5, 5.41) is 0. The SMILES string of the molecule is COc1ccc(CC2=CC2)cc1. The normalized spacial score (nSPS) is 13.9. The van der Waals surface area contributed by atoms with Crippen molar-refractivity contribution in [2.24, 2.45) is 0 Å². The zero-order valence-corrected chi connectivity index (χ0v) is 7.21. The molecule has 0 heterocycles. The lowest BCUT2D eigenvalue weighted by atomic mass is 10.1. The summed E-state index contributed by atoms with van der Waals surface area (Å²) in [6, 6.07) is 8.27. The van der Waals surface area contributed by atoms with Gasteiger partial charge in [-0.15, -0.1) is 0 Å². The van der Waals surface area contributed by atoms with Crippen LogP contribution in [0.25, 0.3) is 0 Å². The highest BCUT2D eigenvalue weighted by atomic mass is 16.5. The Morgan fingerprint density at radius 2 is 1.92 bits per heavy atom. The molecule has 0 unspecified atom stereocenters. The molecule has 1 aromatic carbocycles. The van der Waals surface area contributed by atoms with E-state index in [2.05, 4.69) is 18.2 Å². The second-order valence-corrected chi connectivity index (χ2v) is 3.09. The van der Waals surface area contributed by atoms with Crippen LogP contribution < -0.4 is 4.74 Å². The van der Waals surface area contributed by atoms with Crippen LogP contribution in [0.5, 0.6) is 5.75 Å². The molecule has 62 valence electrons. The number of ether oxygens (including phenoxy) is 1. The van der Waals surface area contributed by atoms with Gasteiger partial charge in [-0.25, -0.2) is 0 Å². The maximum Gasteiger partial charge on any atom is 0.118 e. The first kappa shape index (κ1) is 7.41. The van der Waals surface area contributed by atoms with Gasteiger partial charge in [0.1, 0.15) is 5.75 Å². The van der Waals surface area contributed by atoms with Crippen LogP contribution in [0.1, 0.15) is 12.0 Å². The molecule has 0 spiro atoms. The predicted octanol–water partition coefficient (Wildman–Crippen LogP) is 2.57. The molecule has 0 fully saturated rings. The fourth-order valence-corrected chi connectivity index (χ4v) is 1.22. The second-order valence-electron chi connectivity index (χ2n) is 3.09. The van der Waals surface area contributed by atoms with Gasteiger partial charge in [0.25, 0.3) is 0 Å². The lowest BCUT2D eigenvalue weighted by Crippen LogP contribution is -1.84. The maximum atomic E-state index is 5.08. The first-order valence-corrected chi connectivity index (χ1v) is 4.19. The molecule has 0 N–H and O–H groups in total. The summed E-state index contributed by atoms with van der Waals surface area (Å²) in [5.41, 5.74) is 2.93. The van der Waals surface area contributed by atoms with E-state index < -0.39 is 0 Å². The molecule has 2 rings (SSSR count). The molecule has 1 aromatic rings. The van der Waals surface area contributed by atoms with Crippen molar-refractivity contribution in [3.05, 3.63) is 41.5 Å². The molecule has 1 aliphatic rings. The van der Waals surface area contributed by atoms with Gasteiger partial charge in [0.15, 0.2) is 0 Å². The lowest BCUT2D eigenvalue weighted by molar-refractivity contribution is 0.414. The number of rotatable bonds is 3. The summed E-state index contributed by atoms with van der Waals surface area (Å²) in [6.45, 7) is 0. The summed E-state index contributed by atoms with van der Waals surface area (Å²) >= 11 is 0. The smallest absolute Gasteiger partial charge is 0.118 e. The Morgan fingerprint density at radius 3 is 2.42 bits per heavy atom. The molecular formula is C11H12O. The van der Waals surface area contributed by atoms with Crippen LogP contribution in [0.15, 0.2) is 35.9 Å². The number of methoxy groups -OCH3 is 1. The summed E-state index contributed by atoms with van der Waals surface area (Å²) in [7, 11) is 1.69. The zero-order valence-electron chi connectivity index (χ0n) is 7.21. The molecule has 0 bridgehead atoms. The Bertz CT molecular complexity index is 295. The van der Waals surface area contributed by atoms with E-state index in [0.717, 1.165) is 12.2 Å². The first-order chi connectivity index (χ1) is 5.88. The minimum Gasteiger partial charge on any atom is -0.497 e. The van der Waals surface area contributed by atoms with Gasteiger partial charge in [0.05, 0.1) is 7.11 Å². The van der Waals surface area contributed by atoms with Crippen LogP contribution in [0.3, 0.4) is 0 Å². The van der Waals surface area contributed by atoms with Crippen molar-refractivity contribution in [2.45, 2.75) is 12.8 Å². The maximum absolute atomic E-state index is 5.08. The van der Waals surface area contributed by atoms with E-state index in [4.69, 9.17) is 4.74 Å². The molecule has 1 heteroatoms. The zero-order chi connectivity index (χ0) is 8.39.